The first-order valence-electron chi connectivity index (χ1n) is 4.71. The summed E-state index contributed by atoms with van der Waals surface area (Å²) in [7, 11) is 0. The number of rotatable bonds is 8. The third-order valence-corrected chi connectivity index (χ3v) is 1.53. The van der Waals surface area contributed by atoms with Gasteiger partial charge in [-0.1, -0.05) is 0 Å². The van der Waals surface area contributed by atoms with Crippen LogP contribution >= 0.6 is 0 Å². The molecule has 0 spiro atoms. The van der Waals surface area contributed by atoms with E-state index in [-0.39, 0.29) is 6.29 Å². The van der Waals surface area contributed by atoms with Crippen molar-refractivity contribution in [3.63, 3.8) is 0 Å². The Bertz CT molecular complexity index is 183. The van der Waals surface area contributed by atoms with E-state index < -0.39 is 0 Å². The SMILES string of the molecule is [C-]#[N+]CCCOC(C)OCCC[N+]#[C-]. The van der Waals surface area contributed by atoms with Crippen LogP contribution in [0, 0.1) is 13.1 Å². The van der Waals surface area contributed by atoms with Crippen molar-refractivity contribution in [1.29, 1.82) is 0 Å². The first-order valence-corrected chi connectivity index (χ1v) is 4.71. The van der Waals surface area contributed by atoms with Gasteiger partial charge in [-0.05, 0) is 6.92 Å². The van der Waals surface area contributed by atoms with Crippen LogP contribution in [0.2, 0.25) is 0 Å². The molecule has 0 amide bonds. The van der Waals surface area contributed by atoms with Crippen molar-refractivity contribution in [1.82, 2.24) is 0 Å². The van der Waals surface area contributed by atoms with E-state index in [2.05, 4.69) is 9.69 Å². The summed E-state index contributed by atoms with van der Waals surface area (Å²) in [4.78, 5) is 6.43. The average Bonchev–Trinajstić information content (AvgIpc) is 2.19. The van der Waals surface area contributed by atoms with E-state index in [1.165, 1.54) is 0 Å². The fourth-order valence-corrected chi connectivity index (χ4v) is 0.834. The predicted molar refractivity (Wildman–Crippen MR) is 53.5 cm³/mol. The summed E-state index contributed by atoms with van der Waals surface area (Å²) in [5.41, 5.74) is 0. The highest BCUT2D eigenvalue weighted by atomic mass is 16.7. The van der Waals surface area contributed by atoms with Crippen molar-refractivity contribution in [3.8, 4) is 0 Å². The molecule has 14 heavy (non-hydrogen) atoms. The van der Waals surface area contributed by atoms with E-state index in [9.17, 15) is 0 Å². The molecule has 78 valence electrons. The van der Waals surface area contributed by atoms with Gasteiger partial charge in [0.2, 0.25) is 13.1 Å². The standard InChI is InChI=1S/C10H16N2O2/c1-10(13-8-4-6-11-2)14-9-5-7-12-3/h10H,4-9H2,1H3. The van der Waals surface area contributed by atoms with E-state index in [4.69, 9.17) is 22.6 Å². The van der Waals surface area contributed by atoms with Crippen molar-refractivity contribution in [2.75, 3.05) is 26.3 Å². The highest BCUT2D eigenvalue weighted by Gasteiger charge is 2.01. The second-order valence-electron chi connectivity index (χ2n) is 2.78. The van der Waals surface area contributed by atoms with Gasteiger partial charge in [-0.25, -0.2) is 13.1 Å². The van der Waals surface area contributed by atoms with Crippen molar-refractivity contribution >= 4 is 0 Å². The first-order chi connectivity index (χ1) is 6.81. The molecule has 4 heteroatoms. The summed E-state index contributed by atoms with van der Waals surface area (Å²) < 4.78 is 10.6. The molecule has 0 unspecified atom stereocenters. The second kappa shape index (κ2) is 9.98. The summed E-state index contributed by atoms with van der Waals surface area (Å²) in [6.07, 6.45) is 1.27. The molecule has 0 aliphatic heterocycles. The highest BCUT2D eigenvalue weighted by molar-refractivity contribution is 4.58. The average molecular weight is 196 g/mol. The van der Waals surface area contributed by atoms with Gasteiger partial charge in [-0.15, -0.1) is 0 Å². The van der Waals surface area contributed by atoms with Crippen LogP contribution in [-0.2, 0) is 9.47 Å². The minimum Gasteiger partial charge on any atom is -0.353 e. The van der Waals surface area contributed by atoms with Crippen molar-refractivity contribution in [2.45, 2.75) is 26.1 Å². The molecule has 0 radical (unpaired) electrons. The Balaban J connectivity index is 3.16. The minimum absolute atomic E-state index is 0.230. The zero-order valence-corrected chi connectivity index (χ0v) is 8.53. The van der Waals surface area contributed by atoms with Gasteiger partial charge in [0.15, 0.2) is 6.29 Å². The van der Waals surface area contributed by atoms with Gasteiger partial charge in [0.25, 0.3) is 0 Å². The quantitative estimate of drug-likeness (QED) is 0.337. The van der Waals surface area contributed by atoms with Crippen LogP contribution in [0.4, 0.5) is 0 Å². The lowest BCUT2D eigenvalue weighted by Gasteiger charge is -2.12. The maximum absolute atomic E-state index is 6.56. The van der Waals surface area contributed by atoms with Gasteiger partial charge in [-0.2, -0.15) is 0 Å². The van der Waals surface area contributed by atoms with Gasteiger partial charge in [0.05, 0.1) is 13.2 Å². The Morgan fingerprint density at radius 3 is 1.79 bits per heavy atom. The third kappa shape index (κ3) is 8.99. The maximum Gasteiger partial charge on any atom is 0.216 e. The molecule has 0 fully saturated rings. The van der Waals surface area contributed by atoms with Crippen molar-refractivity contribution in [2.24, 2.45) is 0 Å². The Morgan fingerprint density at radius 1 is 1.00 bits per heavy atom. The summed E-state index contributed by atoms with van der Waals surface area (Å²) >= 11 is 0. The number of nitrogens with zero attached hydrogens (tertiary/aromatic N) is 2. The maximum atomic E-state index is 6.56. The van der Waals surface area contributed by atoms with Crippen molar-refractivity contribution < 1.29 is 9.47 Å². The number of ether oxygens (including phenoxy) is 2. The highest BCUT2D eigenvalue weighted by Crippen LogP contribution is 1.96. The minimum atomic E-state index is -0.230. The molecule has 0 rings (SSSR count). The van der Waals surface area contributed by atoms with E-state index in [0.29, 0.717) is 26.3 Å². The molecular formula is C10H16N2O2. The molecule has 0 aromatic rings. The molecule has 0 heterocycles. The molecular weight excluding hydrogens is 180 g/mol. The fraction of sp³-hybridized carbons (Fsp3) is 0.800. The second-order valence-corrected chi connectivity index (χ2v) is 2.78. The van der Waals surface area contributed by atoms with Crippen LogP contribution in [0.15, 0.2) is 0 Å². The van der Waals surface area contributed by atoms with Gasteiger partial charge in [0, 0.05) is 12.8 Å². The lowest BCUT2D eigenvalue weighted by atomic mass is 10.4. The molecule has 4 nitrogen and oxygen atoms in total. The van der Waals surface area contributed by atoms with Gasteiger partial charge < -0.3 is 19.2 Å². The predicted octanol–water partition coefficient (Wildman–Crippen LogP) is 1.98. The molecule has 0 atom stereocenters. The van der Waals surface area contributed by atoms with Gasteiger partial charge >= 0.3 is 0 Å². The first kappa shape index (κ1) is 12.9. The molecule has 0 bridgehead atoms. The third-order valence-electron chi connectivity index (χ3n) is 1.53. The smallest absolute Gasteiger partial charge is 0.216 e. The van der Waals surface area contributed by atoms with Gasteiger partial charge in [-0.3, -0.25) is 0 Å². The van der Waals surface area contributed by atoms with Crippen LogP contribution < -0.4 is 0 Å². The monoisotopic (exact) mass is 196 g/mol. The van der Waals surface area contributed by atoms with Crippen LogP contribution in [0.1, 0.15) is 19.8 Å². The zero-order chi connectivity index (χ0) is 10.6. The van der Waals surface area contributed by atoms with Gasteiger partial charge in [0.1, 0.15) is 0 Å². The Labute approximate surface area is 85.5 Å². The Kier molecular flexibility index (Phi) is 9.20. The van der Waals surface area contributed by atoms with Crippen LogP contribution in [0.25, 0.3) is 9.69 Å². The fourth-order valence-electron chi connectivity index (χ4n) is 0.834. The molecule has 0 saturated carbocycles. The van der Waals surface area contributed by atoms with Crippen LogP contribution in [-0.4, -0.2) is 32.6 Å². The topological polar surface area (TPSA) is 27.2 Å². The lowest BCUT2D eigenvalue weighted by Crippen LogP contribution is -2.15. The van der Waals surface area contributed by atoms with Crippen molar-refractivity contribution in [3.05, 3.63) is 22.8 Å². The number of hydrogen-bond donors (Lipinski definition) is 0. The number of hydrogen-bond acceptors (Lipinski definition) is 2. The molecule has 0 aliphatic carbocycles. The normalized spacial score (nSPS) is 9.71. The van der Waals surface area contributed by atoms with Crippen LogP contribution in [0.3, 0.4) is 0 Å². The molecule has 0 N–H and O–H groups in total. The summed E-state index contributed by atoms with van der Waals surface area (Å²) in [5.74, 6) is 0. The summed E-state index contributed by atoms with van der Waals surface area (Å²) in [6, 6.07) is 0. The molecule has 0 aromatic heterocycles. The lowest BCUT2D eigenvalue weighted by molar-refractivity contribution is -0.130. The van der Waals surface area contributed by atoms with E-state index in [1.807, 2.05) is 6.92 Å². The summed E-state index contributed by atoms with van der Waals surface area (Å²) in [5, 5.41) is 0. The largest absolute Gasteiger partial charge is 0.353 e. The molecule has 0 aliphatic rings. The van der Waals surface area contributed by atoms with E-state index in [0.717, 1.165) is 12.8 Å². The molecule has 0 saturated heterocycles. The van der Waals surface area contributed by atoms with E-state index in [1.54, 1.807) is 0 Å². The van der Waals surface area contributed by atoms with Crippen LogP contribution in [0.5, 0.6) is 0 Å². The Hall–Kier alpha value is -1.10. The molecule has 0 aromatic carbocycles. The summed E-state index contributed by atoms with van der Waals surface area (Å²) in [6.45, 7) is 17.1. The Morgan fingerprint density at radius 2 is 1.43 bits per heavy atom. The zero-order valence-electron chi connectivity index (χ0n) is 8.53. The van der Waals surface area contributed by atoms with E-state index >= 15 is 0 Å².